The fourth-order valence-electron chi connectivity index (χ4n) is 2.25. The Morgan fingerprint density at radius 1 is 1.00 bits per heavy atom. The number of nitrogens with one attached hydrogen (secondary N) is 1. The first-order chi connectivity index (χ1) is 13.0. The van der Waals surface area contributed by atoms with Gasteiger partial charge in [-0.2, -0.15) is 0 Å². The van der Waals surface area contributed by atoms with Gasteiger partial charge in [-0.25, -0.2) is 0 Å². The first-order valence-corrected chi connectivity index (χ1v) is 8.83. The van der Waals surface area contributed by atoms with Crippen molar-refractivity contribution in [2.75, 3.05) is 18.5 Å². The number of carbonyl (C=O) groups excluding carboxylic acids is 3. The Balaban J connectivity index is 1.76. The monoisotopic (exact) mass is 389 g/mol. The Labute approximate surface area is 162 Å². The third kappa shape index (κ3) is 6.75. The molecule has 0 spiro atoms. The molecule has 7 heteroatoms. The second kappa shape index (κ2) is 10.3. The number of rotatable bonds is 9. The number of hydrogen-bond acceptors (Lipinski definition) is 5. The van der Waals surface area contributed by atoms with Crippen molar-refractivity contribution in [3.8, 4) is 5.75 Å². The molecule has 0 saturated heterocycles. The maximum absolute atomic E-state index is 12.0. The van der Waals surface area contributed by atoms with Crippen LogP contribution in [0.4, 0.5) is 5.69 Å². The zero-order chi connectivity index (χ0) is 19.6. The Morgan fingerprint density at radius 2 is 1.70 bits per heavy atom. The molecule has 0 aliphatic heterocycles. The number of para-hydroxylation sites is 2. The van der Waals surface area contributed by atoms with Crippen LogP contribution >= 0.6 is 11.6 Å². The van der Waals surface area contributed by atoms with Crippen molar-refractivity contribution < 1.29 is 23.9 Å². The largest absolute Gasteiger partial charge is 0.492 e. The van der Waals surface area contributed by atoms with Gasteiger partial charge in [-0.15, -0.1) is 0 Å². The summed E-state index contributed by atoms with van der Waals surface area (Å²) >= 11 is 5.77. The van der Waals surface area contributed by atoms with E-state index in [2.05, 4.69) is 5.32 Å². The van der Waals surface area contributed by atoms with Crippen LogP contribution in [0.3, 0.4) is 0 Å². The van der Waals surface area contributed by atoms with Crippen LogP contribution in [0.1, 0.15) is 30.1 Å². The van der Waals surface area contributed by atoms with E-state index >= 15 is 0 Å². The number of amides is 1. The highest BCUT2D eigenvalue weighted by Gasteiger charge is 2.13. The first-order valence-electron chi connectivity index (χ1n) is 8.45. The van der Waals surface area contributed by atoms with E-state index in [0.29, 0.717) is 28.6 Å². The van der Waals surface area contributed by atoms with Gasteiger partial charge in [0.15, 0.2) is 12.4 Å². The molecule has 2 rings (SSSR count). The minimum absolute atomic E-state index is 0.00470. The van der Waals surface area contributed by atoms with Crippen molar-refractivity contribution in [2.45, 2.75) is 19.8 Å². The standard InChI is InChI=1S/C20H20ClNO5/c1-2-26-18-6-4-3-5-16(18)22-19(24)13-27-20(25)12-11-17(23)14-7-9-15(21)10-8-14/h3-10H,2,11-13H2,1H3,(H,22,24). The van der Waals surface area contributed by atoms with Crippen molar-refractivity contribution in [1.82, 2.24) is 0 Å². The summed E-state index contributed by atoms with van der Waals surface area (Å²) in [6, 6.07) is 13.4. The number of ketones is 1. The molecule has 6 nitrogen and oxygen atoms in total. The van der Waals surface area contributed by atoms with Crippen LogP contribution < -0.4 is 10.1 Å². The number of anilines is 1. The van der Waals surface area contributed by atoms with Gasteiger partial charge in [-0.05, 0) is 43.3 Å². The molecule has 0 aromatic heterocycles. The zero-order valence-electron chi connectivity index (χ0n) is 14.9. The third-order valence-electron chi connectivity index (χ3n) is 3.55. The number of hydrogen-bond donors (Lipinski definition) is 1. The van der Waals surface area contributed by atoms with Gasteiger partial charge in [0, 0.05) is 17.0 Å². The van der Waals surface area contributed by atoms with E-state index in [0.717, 1.165) is 0 Å². The van der Waals surface area contributed by atoms with Gasteiger partial charge in [-0.3, -0.25) is 14.4 Å². The Bertz CT molecular complexity index is 804. The Kier molecular flexibility index (Phi) is 7.82. The van der Waals surface area contributed by atoms with Crippen molar-refractivity contribution in [2.24, 2.45) is 0 Å². The van der Waals surface area contributed by atoms with Gasteiger partial charge >= 0.3 is 5.97 Å². The molecule has 0 bridgehead atoms. The molecule has 0 heterocycles. The van der Waals surface area contributed by atoms with Gasteiger partial charge in [0.25, 0.3) is 5.91 Å². The molecular formula is C20H20ClNO5. The second-order valence-corrected chi connectivity index (χ2v) is 6.00. The van der Waals surface area contributed by atoms with Crippen molar-refractivity contribution in [3.63, 3.8) is 0 Å². The van der Waals surface area contributed by atoms with E-state index in [1.807, 2.05) is 6.92 Å². The molecule has 0 aliphatic rings. The molecule has 0 saturated carbocycles. The van der Waals surface area contributed by atoms with Gasteiger partial charge in [0.1, 0.15) is 5.75 Å². The van der Waals surface area contributed by atoms with Gasteiger partial charge < -0.3 is 14.8 Å². The van der Waals surface area contributed by atoms with E-state index in [1.54, 1.807) is 48.5 Å². The predicted molar refractivity (Wildman–Crippen MR) is 102 cm³/mol. The number of benzene rings is 2. The van der Waals surface area contributed by atoms with Crippen LogP contribution in [0.25, 0.3) is 0 Å². The molecule has 2 aromatic rings. The number of carbonyl (C=O) groups is 3. The highest BCUT2D eigenvalue weighted by atomic mass is 35.5. The summed E-state index contributed by atoms with van der Waals surface area (Å²) in [6.07, 6.45) is -0.112. The van der Waals surface area contributed by atoms with E-state index in [1.165, 1.54) is 0 Å². The van der Waals surface area contributed by atoms with E-state index in [-0.39, 0.29) is 18.6 Å². The lowest BCUT2D eigenvalue weighted by Crippen LogP contribution is -2.21. The SMILES string of the molecule is CCOc1ccccc1NC(=O)COC(=O)CCC(=O)c1ccc(Cl)cc1. The average Bonchev–Trinajstić information content (AvgIpc) is 2.67. The number of esters is 1. The summed E-state index contributed by atoms with van der Waals surface area (Å²) in [5.74, 6) is -0.767. The van der Waals surface area contributed by atoms with Crippen molar-refractivity contribution >= 4 is 34.9 Å². The van der Waals surface area contributed by atoms with Gasteiger partial charge in [0.2, 0.25) is 0 Å². The molecule has 0 fully saturated rings. The Morgan fingerprint density at radius 3 is 2.41 bits per heavy atom. The van der Waals surface area contributed by atoms with Crippen LogP contribution in [0.2, 0.25) is 5.02 Å². The third-order valence-corrected chi connectivity index (χ3v) is 3.80. The first kappa shape index (κ1) is 20.5. The summed E-state index contributed by atoms with van der Waals surface area (Å²) in [5.41, 5.74) is 0.968. The van der Waals surface area contributed by atoms with Crippen LogP contribution in [0, 0.1) is 0 Å². The van der Waals surface area contributed by atoms with E-state index in [9.17, 15) is 14.4 Å². The molecule has 27 heavy (non-hydrogen) atoms. The normalized spacial score (nSPS) is 10.1. The maximum Gasteiger partial charge on any atom is 0.306 e. The molecule has 0 atom stereocenters. The summed E-state index contributed by atoms with van der Waals surface area (Å²) in [7, 11) is 0. The lowest BCUT2D eigenvalue weighted by Gasteiger charge is -2.11. The second-order valence-electron chi connectivity index (χ2n) is 5.57. The molecular weight excluding hydrogens is 370 g/mol. The maximum atomic E-state index is 12.0. The zero-order valence-corrected chi connectivity index (χ0v) is 15.6. The molecule has 2 aromatic carbocycles. The fourth-order valence-corrected chi connectivity index (χ4v) is 2.38. The topological polar surface area (TPSA) is 81.7 Å². The lowest BCUT2D eigenvalue weighted by molar-refractivity contribution is -0.147. The molecule has 1 N–H and O–H groups in total. The quantitative estimate of drug-likeness (QED) is 0.519. The number of Topliss-reactive ketones (excluding diaryl/α,β-unsaturated/α-hetero) is 1. The fraction of sp³-hybridized carbons (Fsp3) is 0.250. The van der Waals surface area contributed by atoms with Crippen LogP contribution in [-0.4, -0.2) is 30.9 Å². The molecule has 0 aliphatic carbocycles. The molecule has 1 amide bonds. The van der Waals surface area contributed by atoms with Crippen molar-refractivity contribution in [3.05, 3.63) is 59.1 Å². The number of halogens is 1. The average molecular weight is 390 g/mol. The summed E-state index contributed by atoms with van der Waals surface area (Å²) in [6.45, 7) is 1.86. The predicted octanol–water partition coefficient (Wildman–Crippen LogP) is 3.88. The minimum atomic E-state index is -0.620. The Hall–Kier alpha value is -2.86. The molecule has 0 radical (unpaired) electrons. The van der Waals surface area contributed by atoms with Crippen LogP contribution in [0.15, 0.2) is 48.5 Å². The van der Waals surface area contributed by atoms with Crippen molar-refractivity contribution in [1.29, 1.82) is 0 Å². The minimum Gasteiger partial charge on any atom is -0.492 e. The smallest absolute Gasteiger partial charge is 0.306 e. The number of ether oxygens (including phenoxy) is 2. The lowest BCUT2D eigenvalue weighted by atomic mass is 10.1. The van der Waals surface area contributed by atoms with Gasteiger partial charge in [-0.1, -0.05) is 23.7 Å². The van der Waals surface area contributed by atoms with E-state index in [4.69, 9.17) is 21.1 Å². The van der Waals surface area contributed by atoms with E-state index < -0.39 is 18.5 Å². The summed E-state index contributed by atoms with van der Waals surface area (Å²) in [5, 5.41) is 3.16. The van der Waals surface area contributed by atoms with Crippen LogP contribution in [-0.2, 0) is 14.3 Å². The van der Waals surface area contributed by atoms with Gasteiger partial charge in [0.05, 0.1) is 18.7 Å². The molecule has 0 unspecified atom stereocenters. The summed E-state index contributed by atoms with van der Waals surface area (Å²) < 4.78 is 10.3. The van der Waals surface area contributed by atoms with Crippen LogP contribution in [0.5, 0.6) is 5.75 Å². The molecule has 142 valence electrons. The summed E-state index contributed by atoms with van der Waals surface area (Å²) in [4.78, 5) is 35.7. The highest BCUT2D eigenvalue weighted by Crippen LogP contribution is 2.23. The highest BCUT2D eigenvalue weighted by molar-refractivity contribution is 6.30.